The molecule has 19 heavy (non-hydrogen) atoms. The molecule has 1 aliphatic rings. The maximum atomic E-state index is 14.4. The third kappa shape index (κ3) is 2.39. The standard InChI is InChI=1S/C14H19ClFNO2/c1-19-10-7-9(15)12(16)11(13(10)18)14(8-17)5-3-2-4-6-14/h7,18H,2-6,8,17H2,1H3. The fraction of sp³-hybridized carbons (Fsp3) is 0.571. The van der Waals surface area contributed by atoms with Crippen LogP contribution in [0.2, 0.25) is 5.02 Å². The zero-order valence-corrected chi connectivity index (χ0v) is 11.8. The van der Waals surface area contributed by atoms with Crippen LogP contribution in [0.15, 0.2) is 6.07 Å². The van der Waals surface area contributed by atoms with E-state index in [1.54, 1.807) is 0 Å². The van der Waals surface area contributed by atoms with Gasteiger partial charge < -0.3 is 15.6 Å². The van der Waals surface area contributed by atoms with Gasteiger partial charge in [0.1, 0.15) is 5.82 Å². The normalized spacial score (nSPS) is 18.3. The van der Waals surface area contributed by atoms with Gasteiger partial charge in [-0.15, -0.1) is 0 Å². The zero-order valence-electron chi connectivity index (χ0n) is 11.0. The van der Waals surface area contributed by atoms with Crippen molar-refractivity contribution in [2.24, 2.45) is 5.73 Å². The van der Waals surface area contributed by atoms with Crippen molar-refractivity contribution in [3.63, 3.8) is 0 Å². The summed E-state index contributed by atoms with van der Waals surface area (Å²) in [7, 11) is 1.42. The Kier molecular flexibility index (Phi) is 4.21. The van der Waals surface area contributed by atoms with Crippen LogP contribution in [0.25, 0.3) is 0 Å². The number of rotatable bonds is 3. The molecule has 1 aliphatic carbocycles. The summed E-state index contributed by atoms with van der Waals surface area (Å²) in [5, 5.41) is 10.2. The van der Waals surface area contributed by atoms with Crippen molar-refractivity contribution >= 4 is 11.6 Å². The Morgan fingerprint density at radius 2 is 2.05 bits per heavy atom. The lowest BCUT2D eigenvalue weighted by Crippen LogP contribution is -2.38. The van der Waals surface area contributed by atoms with Gasteiger partial charge in [0.05, 0.1) is 12.1 Å². The minimum Gasteiger partial charge on any atom is -0.504 e. The minimum absolute atomic E-state index is 0.0388. The third-order valence-corrected chi connectivity index (χ3v) is 4.38. The largest absolute Gasteiger partial charge is 0.504 e. The highest BCUT2D eigenvalue weighted by Crippen LogP contribution is 2.48. The van der Waals surface area contributed by atoms with Crippen molar-refractivity contribution in [3.8, 4) is 11.5 Å². The third-order valence-electron chi connectivity index (χ3n) is 4.11. The minimum atomic E-state index is -0.577. The molecule has 0 unspecified atom stereocenters. The molecule has 106 valence electrons. The molecule has 5 heteroatoms. The molecule has 0 heterocycles. The molecule has 1 fully saturated rings. The van der Waals surface area contributed by atoms with E-state index in [0.29, 0.717) is 6.54 Å². The van der Waals surface area contributed by atoms with Gasteiger partial charge in [0, 0.05) is 23.6 Å². The van der Waals surface area contributed by atoms with Crippen LogP contribution in [0.3, 0.4) is 0 Å². The first-order chi connectivity index (χ1) is 9.05. The summed E-state index contributed by atoms with van der Waals surface area (Å²) in [6, 6.07) is 1.29. The van der Waals surface area contributed by atoms with Crippen molar-refractivity contribution < 1.29 is 14.2 Å². The van der Waals surface area contributed by atoms with Crippen molar-refractivity contribution in [2.75, 3.05) is 13.7 Å². The summed E-state index contributed by atoms with van der Waals surface area (Å²) in [5.41, 5.74) is 5.57. The van der Waals surface area contributed by atoms with Crippen molar-refractivity contribution in [1.29, 1.82) is 0 Å². The van der Waals surface area contributed by atoms with E-state index < -0.39 is 11.2 Å². The van der Waals surface area contributed by atoms with E-state index in [1.165, 1.54) is 13.2 Å². The number of hydrogen-bond donors (Lipinski definition) is 2. The predicted molar refractivity (Wildman–Crippen MR) is 73.4 cm³/mol. The first-order valence-electron chi connectivity index (χ1n) is 6.51. The van der Waals surface area contributed by atoms with Crippen molar-refractivity contribution in [1.82, 2.24) is 0 Å². The van der Waals surface area contributed by atoms with Crippen LogP contribution in [-0.2, 0) is 5.41 Å². The molecule has 3 nitrogen and oxygen atoms in total. The number of benzene rings is 1. The highest BCUT2D eigenvalue weighted by Gasteiger charge is 2.39. The van der Waals surface area contributed by atoms with Gasteiger partial charge in [0.25, 0.3) is 0 Å². The van der Waals surface area contributed by atoms with Crippen molar-refractivity contribution in [2.45, 2.75) is 37.5 Å². The SMILES string of the molecule is COc1cc(Cl)c(F)c(C2(CN)CCCCC2)c1O. The smallest absolute Gasteiger partial charge is 0.164 e. The first-order valence-corrected chi connectivity index (χ1v) is 6.89. The molecular weight excluding hydrogens is 269 g/mol. The molecule has 3 N–H and O–H groups in total. The molecule has 2 rings (SSSR count). The van der Waals surface area contributed by atoms with Gasteiger partial charge in [-0.2, -0.15) is 0 Å². The first kappa shape index (κ1) is 14.4. The Hall–Kier alpha value is -1.00. The maximum Gasteiger partial charge on any atom is 0.164 e. The van der Waals surface area contributed by atoms with Crippen LogP contribution in [0.4, 0.5) is 4.39 Å². The lowest BCUT2D eigenvalue weighted by atomic mass is 9.69. The van der Waals surface area contributed by atoms with Crippen LogP contribution < -0.4 is 10.5 Å². The molecule has 0 aromatic heterocycles. The molecule has 0 bridgehead atoms. The second-order valence-corrected chi connectivity index (χ2v) is 5.55. The fourth-order valence-corrected chi connectivity index (χ4v) is 3.21. The van der Waals surface area contributed by atoms with E-state index in [1.807, 2.05) is 0 Å². The molecule has 0 spiro atoms. The average molecular weight is 288 g/mol. The lowest BCUT2D eigenvalue weighted by molar-refractivity contribution is 0.275. The van der Waals surface area contributed by atoms with Gasteiger partial charge in [-0.3, -0.25) is 0 Å². The molecule has 0 saturated heterocycles. The molecule has 0 amide bonds. The molecule has 1 saturated carbocycles. The van der Waals surface area contributed by atoms with Gasteiger partial charge in [-0.05, 0) is 12.8 Å². The van der Waals surface area contributed by atoms with E-state index in [2.05, 4.69) is 0 Å². The molecular formula is C14H19ClFNO2. The Bertz CT molecular complexity index is 473. The zero-order chi connectivity index (χ0) is 14.0. The number of phenolic OH excluding ortho intramolecular Hbond substituents is 1. The lowest BCUT2D eigenvalue weighted by Gasteiger charge is -2.37. The Morgan fingerprint density at radius 3 is 2.58 bits per heavy atom. The Labute approximate surface area is 117 Å². The van der Waals surface area contributed by atoms with Gasteiger partial charge >= 0.3 is 0 Å². The molecule has 0 atom stereocenters. The van der Waals surface area contributed by atoms with E-state index in [9.17, 15) is 9.50 Å². The Morgan fingerprint density at radius 1 is 1.42 bits per heavy atom. The summed E-state index contributed by atoms with van der Waals surface area (Å²) >= 11 is 5.90. The number of halogens is 2. The summed E-state index contributed by atoms with van der Waals surface area (Å²) in [4.78, 5) is 0. The average Bonchev–Trinajstić information content (AvgIpc) is 2.44. The predicted octanol–water partition coefficient (Wildman–Crippen LogP) is 3.35. The highest BCUT2D eigenvalue weighted by molar-refractivity contribution is 6.31. The number of hydrogen-bond acceptors (Lipinski definition) is 3. The fourth-order valence-electron chi connectivity index (χ4n) is 3.02. The molecule has 1 aromatic carbocycles. The van der Waals surface area contributed by atoms with Crippen molar-refractivity contribution in [3.05, 3.63) is 22.5 Å². The number of phenols is 1. The summed E-state index contributed by atoms with van der Waals surface area (Å²) in [5.74, 6) is -0.552. The topological polar surface area (TPSA) is 55.5 Å². The number of aromatic hydroxyl groups is 1. The van der Waals surface area contributed by atoms with Gasteiger partial charge in [-0.25, -0.2) is 4.39 Å². The molecule has 0 aliphatic heterocycles. The summed E-state index contributed by atoms with van der Waals surface area (Å²) in [6.07, 6.45) is 4.59. The quantitative estimate of drug-likeness (QED) is 0.896. The number of nitrogens with two attached hydrogens (primary N) is 1. The van der Waals surface area contributed by atoms with E-state index in [0.717, 1.165) is 32.1 Å². The van der Waals surface area contributed by atoms with E-state index in [4.69, 9.17) is 22.1 Å². The molecule has 0 radical (unpaired) electrons. The summed E-state index contributed by atoms with van der Waals surface area (Å²) < 4.78 is 19.5. The second-order valence-electron chi connectivity index (χ2n) is 5.14. The van der Waals surface area contributed by atoms with Gasteiger partial charge in [-0.1, -0.05) is 30.9 Å². The maximum absolute atomic E-state index is 14.4. The van der Waals surface area contributed by atoms with Gasteiger partial charge in [0.2, 0.25) is 0 Å². The summed E-state index contributed by atoms with van der Waals surface area (Å²) in [6.45, 7) is 0.293. The second kappa shape index (κ2) is 5.55. The van der Waals surface area contributed by atoms with Crippen LogP contribution in [-0.4, -0.2) is 18.8 Å². The molecule has 1 aromatic rings. The number of ether oxygens (including phenoxy) is 1. The highest BCUT2D eigenvalue weighted by atomic mass is 35.5. The van der Waals surface area contributed by atoms with Crippen LogP contribution in [0.1, 0.15) is 37.7 Å². The number of methoxy groups -OCH3 is 1. The van der Waals surface area contributed by atoms with E-state index in [-0.39, 0.29) is 22.1 Å². The Balaban J connectivity index is 2.62. The van der Waals surface area contributed by atoms with Crippen LogP contribution in [0, 0.1) is 5.82 Å². The monoisotopic (exact) mass is 287 g/mol. The van der Waals surface area contributed by atoms with Gasteiger partial charge in [0.15, 0.2) is 11.5 Å². The van der Waals surface area contributed by atoms with Crippen LogP contribution >= 0.6 is 11.6 Å². The van der Waals surface area contributed by atoms with E-state index >= 15 is 0 Å². The van der Waals surface area contributed by atoms with Crippen LogP contribution in [0.5, 0.6) is 11.5 Å².